The summed E-state index contributed by atoms with van der Waals surface area (Å²) in [5.74, 6) is 3.46. The number of ether oxygens (including phenoxy) is 2. The molecule has 0 aromatic heterocycles. The highest BCUT2D eigenvalue weighted by atomic mass is 32.1. The van der Waals surface area contributed by atoms with E-state index in [2.05, 4.69) is 93.0 Å². The number of nitrogens with zero attached hydrogens (tertiary/aromatic N) is 2. The number of likely N-dealkylation sites (tertiary alicyclic amines) is 2. The van der Waals surface area contributed by atoms with Gasteiger partial charge in [0.05, 0.1) is 11.6 Å². The number of halogens is 2. The first-order chi connectivity index (χ1) is 25.1. The number of hydrogen-bond donors (Lipinski definition) is 1. The van der Waals surface area contributed by atoms with E-state index in [9.17, 15) is 13.6 Å². The molecule has 2 saturated heterocycles. The van der Waals surface area contributed by atoms with Crippen molar-refractivity contribution in [1.82, 2.24) is 9.80 Å². The first-order valence-electron chi connectivity index (χ1n) is 21.1. The zero-order valence-corrected chi connectivity index (χ0v) is 35.5. The summed E-state index contributed by atoms with van der Waals surface area (Å²) >= 11 is 3.82. The van der Waals surface area contributed by atoms with E-state index in [-0.39, 0.29) is 12.5 Å². The lowest BCUT2D eigenvalue weighted by molar-refractivity contribution is -0.0600. The first-order valence-corrected chi connectivity index (χ1v) is 21.7. The van der Waals surface area contributed by atoms with Crippen LogP contribution in [0.3, 0.4) is 0 Å². The van der Waals surface area contributed by atoms with Gasteiger partial charge in [-0.2, -0.15) is 12.6 Å². The van der Waals surface area contributed by atoms with Gasteiger partial charge in [-0.15, -0.1) is 0 Å². The van der Waals surface area contributed by atoms with Crippen LogP contribution in [0.2, 0.25) is 0 Å². The average molecular weight is 757 g/mol. The molecule has 5 nitrogen and oxygen atoms in total. The summed E-state index contributed by atoms with van der Waals surface area (Å²) in [5.41, 5.74) is 1.14. The second kappa shape index (κ2) is 21.3. The van der Waals surface area contributed by atoms with Crippen molar-refractivity contribution in [2.45, 2.75) is 169 Å². The Morgan fingerprint density at radius 2 is 1.66 bits per heavy atom. The van der Waals surface area contributed by atoms with E-state index in [1.807, 2.05) is 18.7 Å². The molecule has 5 aliphatic rings. The number of amides is 1. The Labute approximate surface area is 331 Å². The zero-order chi connectivity index (χ0) is 39.4. The van der Waals surface area contributed by atoms with Gasteiger partial charge in [0.1, 0.15) is 27.6 Å². The molecule has 6 unspecified atom stereocenters. The first kappa shape index (κ1) is 46.1. The minimum Gasteiger partial charge on any atom is -0.410 e. The highest BCUT2D eigenvalue weighted by Gasteiger charge is 2.55. The Hall–Kier alpha value is -1.25. The summed E-state index contributed by atoms with van der Waals surface area (Å²) in [4.78, 5) is 17.5. The van der Waals surface area contributed by atoms with E-state index >= 15 is 0 Å². The molecule has 4 radical (unpaired) electrons. The SMILES string of the molecule is CC.CCC(C)(C)C.CCOC1CCC2C3CCc4cc(OC(=O)N5CCC(N6CCCC6)CC5)ccc4C3CCC12C.[B]C([B])(F)C(F)CCCS. The van der Waals surface area contributed by atoms with E-state index in [1.54, 1.807) is 0 Å². The number of benzene rings is 1. The van der Waals surface area contributed by atoms with Crippen molar-refractivity contribution in [1.29, 1.82) is 0 Å². The van der Waals surface area contributed by atoms with E-state index in [0.29, 0.717) is 41.1 Å². The summed E-state index contributed by atoms with van der Waals surface area (Å²) in [6.45, 7) is 22.5. The second-order valence-corrected chi connectivity index (χ2v) is 17.7. The molecule has 0 N–H and O–H groups in total. The van der Waals surface area contributed by atoms with Crippen LogP contribution in [0.15, 0.2) is 18.2 Å². The minimum absolute atomic E-state index is 0.0208. The third-order valence-electron chi connectivity index (χ3n) is 12.7. The maximum Gasteiger partial charge on any atom is 0.415 e. The predicted molar refractivity (Wildman–Crippen MR) is 222 cm³/mol. The van der Waals surface area contributed by atoms with Gasteiger partial charge in [0, 0.05) is 25.7 Å². The minimum atomic E-state index is -2.69. The van der Waals surface area contributed by atoms with Crippen molar-refractivity contribution in [2.24, 2.45) is 22.7 Å². The Bertz CT molecular complexity index is 1230. The van der Waals surface area contributed by atoms with Gasteiger partial charge in [-0.05, 0) is 155 Å². The number of alkyl halides is 2. The van der Waals surface area contributed by atoms with Crippen molar-refractivity contribution in [2.75, 3.05) is 38.5 Å². The molecule has 2 heterocycles. The van der Waals surface area contributed by atoms with Gasteiger partial charge in [0.25, 0.3) is 0 Å². The highest BCUT2D eigenvalue weighted by molar-refractivity contribution is 7.80. The molecule has 0 bridgehead atoms. The molecule has 6 atom stereocenters. The molecule has 3 aliphatic carbocycles. The van der Waals surface area contributed by atoms with Crippen LogP contribution < -0.4 is 4.74 Å². The summed E-state index contributed by atoms with van der Waals surface area (Å²) in [5, 5.41) is 0. The molecule has 1 amide bonds. The molecule has 2 saturated carbocycles. The second-order valence-electron chi connectivity index (χ2n) is 17.2. The number of carbonyl (C=O) groups excluding carboxylic acids is 1. The summed E-state index contributed by atoms with van der Waals surface area (Å²) in [7, 11) is 9.26. The molecular formula is C43H72B2F2N2O3S. The van der Waals surface area contributed by atoms with E-state index < -0.39 is 11.6 Å². The molecule has 10 heteroatoms. The Kier molecular flexibility index (Phi) is 18.6. The molecule has 0 spiro atoms. The van der Waals surface area contributed by atoms with Gasteiger partial charge < -0.3 is 19.3 Å². The zero-order valence-electron chi connectivity index (χ0n) is 34.6. The monoisotopic (exact) mass is 757 g/mol. The summed E-state index contributed by atoms with van der Waals surface area (Å²) in [6.07, 6.45) is 12.5. The lowest BCUT2D eigenvalue weighted by atomic mass is 9.55. The summed E-state index contributed by atoms with van der Waals surface area (Å²) in [6, 6.07) is 7.17. The fourth-order valence-electron chi connectivity index (χ4n) is 9.23. The quantitative estimate of drug-likeness (QED) is 0.212. The average Bonchev–Trinajstić information content (AvgIpc) is 3.80. The van der Waals surface area contributed by atoms with Gasteiger partial charge in [0.15, 0.2) is 0 Å². The van der Waals surface area contributed by atoms with Crippen LogP contribution in [-0.4, -0.2) is 93.9 Å². The Balaban J connectivity index is 0.000000352. The highest BCUT2D eigenvalue weighted by Crippen LogP contribution is 2.61. The lowest BCUT2D eigenvalue weighted by Crippen LogP contribution is -2.46. The Morgan fingerprint density at radius 1 is 1.02 bits per heavy atom. The van der Waals surface area contributed by atoms with Crippen molar-refractivity contribution in [3.8, 4) is 5.75 Å². The molecule has 4 fully saturated rings. The van der Waals surface area contributed by atoms with Crippen LogP contribution in [0.4, 0.5) is 13.6 Å². The Morgan fingerprint density at radius 3 is 2.23 bits per heavy atom. The van der Waals surface area contributed by atoms with Gasteiger partial charge in [0.2, 0.25) is 0 Å². The van der Waals surface area contributed by atoms with Crippen LogP contribution in [0, 0.1) is 22.7 Å². The van der Waals surface area contributed by atoms with E-state index in [1.165, 1.54) is 75.6 Å². The van der Waals surface area contributed by atoms with E-state index in [4.69, 9.17) is 9.47 Å². The van der Waals surface area contributed by atoms with Crippen molar-refractivity contribution in [3.05, 3.63) is 29.3 Å². The van der Waals surface area contributed by atoms with Crippen LogP contribution in [0.25, 0.3) is 0 Å². The molecule has 53 heavy (non-hydrogen) atoms. The normalized spacial score (nSPS) is 27.7. The van der Waals surface area contributed by atoms with Gasteiger partial charge in [-0.1, -0.05) is 61.0 Å². The molecule has 2 aliphatic heterocycles. The number of thiol groups is 1. The molecule has 1 aromatic carbocycles. The fourth-order valence-corrected chi connectivity index (χ4v) is 9.41. The van der Waals surface area contributed by atoms with Gasteiger partial charge >= 0.3 is 6.09 Å². The molecular weight excluding hydrogens is 684 g/mol. The number of rotatable bonds is 8. The lowest BCUT2D eigenvalue weighted by Gasteiger charge is -2.50. The van der Waals surface area contributed by atoms with Crippen LogP contribution >= 0.6 is 12.6 Å². The van der Waals surface area contributed by atoms with Crippen LogP contribution in [0.1, 0.15) is 149 Å². The van der Waals surface area contributed by atoms with Crippen LogP contribution in [-0.2, 0) is 11.2 Å². The maximum absolute atomic E-state index is 12.9. The topological polar surface area (TPSA) is 42.0 Å². The number of carbonyl (C=O) groups is 1. The van der Waals surface area contributed by atoms with Gasteiger partial charge in [-0.25, -0.2) is 9.18 Å². The number of hydrogen-bond acceptors (Lipinski definition) is 5. The van der Waals surface area contributed by atoms with Crippen LogP contribution in [0.5, 0.6) is 5.75 Å². The molecule has 1 aromatic rings. The van der Waals surface area contributed by atoms with E-state index in [0.717, 1.165) is 56.5 Å². The predicted octanol–water partition coefficient (Wildman–Crippen LogP) is 10.5. The molecule has 6 rings (SSSR count). The number of fused-ring (bicyclic) bond motifs is 5. The standard InChI is InChI=1S/C30H44N2O3.C6H14.C5H8B2F2S.C2H6/c1-3-34-28-11-10-27-26-8-6-21-20-23(7-9-24(21)25(26)12-15-30(27,28)2)35-29(33)32-18-13-22(14-19-32)31-16-4-5-17-31;1-5-6(2,3)4;6-5(7,9)4(8)2-1-3-10;1-2/h7,9,20,22,25-28H,3-6,8,10-19H2,1-2H3;5H2,1-4H3;4,10H,1-3H2;1-2H3. The largest absolute Gasteiger partial charge is 0.415 e. The number of piperidine rings is 1. The number of aryl methyl sites for hydroxylation is 1. The maximum atomic E-state index is 12.9. The third kappa shape index (κ3) is 12.9. The van der Waals surface area contributed by atoms with Crippen molar-refractivity contribution >= 4 is 34.4 Å². The molecule has 298 valence electrons. The smallest absolute Gasteiger partial charge is 0.410 e. The fraction of sp³-hybridized carbons (Fsp3) is 0.837. The third-order valence-corrected chi connectivity index (χ3v) is 13.0. The van der Waals surface area contributed by atoms with Gasteiger partial charge in [-0.3, -0.25) is 4.39 Å². The summed E-state index contributed by atoms with van der Waals surface area (Å²) < 4.78 is 36.8. The van der Waals surface area contributed by atoms with Crippen molar-refractivity contribution < 1.29 is 23.0 Å². The van der Waals surface area contributed by atoms with Crippen molar-refractivity contribution in [3.63, 3.8) is 0 Å².